The number of nitrogens with zero attached hydrogens (tertiary/aromatic N) is 2. The average Bonchev–Trinajstić information content (AvgIpc) is 2.88. The first-order valence-electron chi connectivity index (χ1n) is 7.00. The number of hydrogen-bond donors (Lipinski definition) is 3. The van der Waals surface area contributed by atoms with Gasteiger partial charge in [0.1, 0.15) is 17.5 Å². The summed E-state index contributed by atoms with van der Waals surface area (Å²) in [5, 5.41) is 14.6. The maximum absolute atomic E-state index is 12.2. The molecular formula is C13H18ClF3N4O. The van der Waals surface area contributed by atoms with Crippen LogP contribution in [0.3, 0.4) is 0 Å². The third kappa shape index (κ3) is 4.61. The molecule has 2 rings (SSSR count). The van der Waals surface area contributed by atoms with Crippen molar-refractivity contribution in [1.29, 1.82) is 0 Å². The standard InChI is InChI=1S/C13H18ClF3N4O/c1-7-10(14)20-12(18-6-13(15,16)17)21-11(7)19-9-3-2-8(4-9)5-22/h8-9,22H,2-6H2,1H3,(H2,18,19,20,21). The lowest BCUT2D eigenvalue weighted by atomic mass is 10.1. The van der Waals surface area contributed by atoms with Gasteiger partial charge < -0.3 is 15.7 Å². The number of aliphatic hydroxyl groups is 1. The van der Waals surface area contributed by atoms with E-state index in [9.17, 15) is 13.2 Å². The maximum atomic E-state index is 12.2. The molecule has 1 heterocycles. The monoisotopic (exact) mass is 338 g/mol. The number of aromatic nitrogens is 2. The Morgan fingerprint density at radius 3 is 2.64 bits per heavy atom. The van der Waals surface area contributed by atoms with Crippen LogP contribution in [0.25, 0.3) is 0 Å². The molecule has 1 aromatic rings. The van der Waals surface area contributed by atoms with E-state index in [-0.39, 0.29) is 29.7 Å². The molecular weight excluding hydrogens is 321 g/mol. The minimum atomic E-state index is -4.35. The zero-order chi connectivity index (χ0) is 16.3. The lowest BCUT2D eigenvalue weighted by Gasteiger charge is -2.17. The van der Waals surface area contributed by atoms with E-state index in [0.29, 0.717) is 11.4 Å². The van der Waals surface area contributed by atoms with E-state index >= 15 is 0 Å². The van der Waals surface area contributed by atoms with E-state index in [4.69, 9.17) is 16.7 Å². The molecule has 1 aliphatic carbocycles. The highest BCUT2D eigenvalue weighted by molar-refractivity contribution is 6.30. The van der Waals surface area contributed by atoms with Crippen molar-refractivity contribution >= 4 is 23.4 Å². The van der Waals surface area contributed by atoms with Crippen LogP contribution in [0.5, 0.6) is 0 Å². The molecule has 1 saturated carbocycles. The van der Waals surface area contributed by atoms with Crippen LogP contribution in [0.1, 0.15) is 24.8 Å². The molecule has 0 bridgehead atoms. The Bertz CT molecular complexity index is 527. The predicted molar refractivity (Wildman–Crippen MR) is 78.2 cm³/mol. The van der Waals surface area contributed by atoms with Crippen molar-refractivity contribution < 1.29 is 18.3 Å². The molecule has 0 spiro atoms. The Kier molecular flexibility index (Phi) is 5.33. The molecule has 5 nitrogen and oxygen atoms in total. The summed E-state index contributed by atoms with van der Waals surface area (Å²) in [4.78, 5) is 7.88. The number of aliphatic hydroxyl groups excluding tert-OH is 1. The predicted octanol–water partition coefficient (Wildman–Crippen LogP) is 2.99. The lowest BCUT2D eigenvalue weighted by Crippen LogP contribution is -2.23. The van der Waals surface area contributed by atoms with Crippen LogP contribution in [0.15, 0.2) is 0 Å². The third-order valence-corrected chi connectivity index (χ3v) is 4.04. The van der Waals surface area contributed by atoms with Crippen LogP contribution in [0.2, 0.25) is 5.15 Å². The van der Waals surface area contributed by atoms with Crippen molar-refractivity contribution in [2.75, 3.05) is 23.8 Å². The molecule has 2 atom stereocenters. The van der Waals surface area contributed by atoms with Gasteiger partial charge in [0.2, 0.25) is 5.95 Å². The second kappa shape index (κ2) is 6.87. The van der Waals surface area contributed by atoms with E-state index in [1.165, 1.54) is 0 Å². The van der Waals surface area contributed by atoms with Gasteiger partial charge in [-0.3, -0.25) is 0 Å². The van der Waals surface area contributed by atoms with Crippen molar-refractivity contribution in [3.63, 3.8) is 0 Å². The van der Waals surface area contributed by atoms with Crippen LogP contribution < -0.4 is 10.6 Å². The van der Waals surface area contributed by atoms with E-state index in [1.54, 1.807) is 6.92 Å². The topological polar surface area (TPSA) is 70.1 Å². The van der Waals surface area contributed by atoms with Crippen LogP contribution in [-0.4, -0.2) is 40.4 Å². The number of halogens is 4. The smallest absolute Gasteiger partial charge is 0.396 e. The molecule has 0 aliphatic heterocycles. The van der Waals surface area contributed by atoms with Crippen LogP contribution in [-0.2, 0) is 0 Å². The van der Waals surface area contributed by atoms with Gasteiger partial charge in [-0.15, -0.1) is 0 Å². The van der Waals surface area contributed by atoms with Gasteiger partial charge in [-0.2, -0.15) is 18.2 Å². The fourth-order valence-corrected chi connectivity index (χ4v) is 2.62. The molecule has 2 unspecified atom stereocenters. The van der Waals surface area contributed by atoms with Gasteiger partial charge in [0.15, 0.2) is 0 Å². The third-order valence-electron chi connectivity index (χ3n) is 3.67. The van der Waals surface area contributed by atoms with E-state index in [2.05, 4.69) is 20.6 Å². The molecule has 0 amide bonds. The maximum Gasteiger partial charge on any atom is 0.405 e. The number of hydrogen-bond acceptors (Lipinski definition) is 5. The van der Waals surface area contributed by atoms with Gasteiger partial charge in [0.05, 0.1) is 0 Å². The summed E-state index contributed by atoms with van der Waals surface area (Å²) in [6.07, 6.45) is -1.78. The number of nitrogens with one attached hydrogen (secondary N) is 2. The molecule has 124 valence electrons. The van der Waals surface area contributed by atoms with E-state index in [0.717, 1.165) is 19.3 Å². The number of rotatable bonds is 5. The Morgan fingerprint density at radius 1 is 1.32 bits per heavy atom. The Balaban J connectivity index is 2.08. The van der Waals surface area contributed by atoms with Gasteiger partial charge >= 0.3 is 6.18 Å². The molecule has 3 N–H and O–H groups in total. The Morgan fingerprint density at radius 2 is 2.05 bits per heavy atom. The normalized spacial score (nSPS) is 21.9. The van der Waals surface area contributed by atoms with Crippen molar-refractivity contribution in [1.82, 2.24) is 9.97 Å². The quantitative estimate of drug-likeness (QED) is 0.720. The van der Waals surface area contributed by atoms with Gasteiger partial charge in [-0.05, 0) is 32.1 Å². The lowest BCUT2D eigenvalue weighted by molar-refractivity contribution is -0.115. The van der Waals surface area contributed by atoms with Crippen molar-refractivity contribution in [3.8, 4) is 0 Å². The molecule has 9 heteroatoms. The van der Waals surface area contributed by atoms with Crippen molar-refractivity contribution in [2.24, 2.45) is 5.92 Å². The molecule has 0 saturated heterocycles. The first-order chi connectivity index (χ1) is 10.3. The Labute approximate surface area is 131 Å². The summed E-state index contributed by atoms with van der Waals surface area (Å²) in [6.45, 7) is 0.624. The second-order valence-electron chi connectivity index (χ2n) is 5.48. The molecule has 0 aromatic carbocycles. The summed E-state index contributed by atoms with van der Waals surface area (Å²) in [6, 6.07) is 0.122. The van der Waals surface area contributed by atoms with Crippen LogP contribution in [0.4, 0.5) is 24.9 Å². The van der Waals surface area contributed by atoms with E-state index in [1.807, 2.05) is 0 Å². The van der Waals surface area contributed by atoms with Gasteiger partial charge in [-0.1, -0.05) is 11.6 Å². The highest BCUT2D eigenvalue weighted by Gasteiger charge is 2.28. The van der Waals surface area contributed by atoms with Crippen molar-refractivity contribution in [2.45, 2.75) is 38.4 Å². The fourth-order valence-electron chi connectivity index (χ4n) is 2.45. The first-order valence-corrected chi connectivity index (χ1v) is 7.38. The van der Waals surface area contributed by atoms with Crippen molar-refractivity contribution in [3.05, 3.63) is 10.7 Å². The van der Waals surface area contributed by atoms with Crippen LogP contribution in [0, 0.1) is 12.8 Å². The van der Waals surface area contributed by atoms with E-state index < -0.39 is 12.7 Å². The SMILES string of the molecule is Cc1c(Cl)nc(NCC(F)(F)F)nc1NC1CCC(CO)C1. The van der Waals surface area contributed by atoms with Crippen LogP contribution >= 0.6 is 11.6 Å². The van der Waals surface area contributed by atoms with Gasteiger partial charge in [0, 0.05) is 18.2 Å². The first kappa shape index (κ1) is 17.1. The summed E-state index contributed by atoms with van der Waals surface area (Å²) in [5.74, 6) is 0.512. The summed E-state index contributed by atoms with van der Waals surface area (Å²) in [7, 11) is 0. The number of alkyl halides is 3. The highest BCUT2D eigenvalue weighted by Crippen LogP contribution is 2.30. The summed E-state index contributed by atoms with van der Waals surface area (Å²) < 4.78 is 36.7. The Hall–Kier alpha value is -1.28. The minimum Gasteiger partial charge on any atom is -0.396 e. The largest absolute Gasteiger partial charge is 0.405 e. The number of anilines is 2. The zero-order valence-corrected chi connectivity index (χ0v) is 12.8. The van der Waals surface area contributed by atoms with Gasteiger partial charge in [0.25, 0.3) is 0 Å². The molecule has 0 radical (unpaired) electrons. The summed E-state index contributed by atoms with van der Waals surface area (Å²) >= 11 is 5.96. The molecule has 1 aromatic heterocycles. The molecule has 1 aliphatic rings. The zero-order valence-electron chi connectivity index (χ0n) is 12.0. The fraction of sp³-hybridized carbons (Fsp3) is 0.692. The second-order valence-corrected chi connectivity index (χ2v) is 5.84. The molecule has 1 fully saturated rings. The van der Waals surface area contributed by atoms with Gasteiger partial charge in [-0.25, -0.2) is 4.98 Å². The minimum absolute atomic E-state index is 0.110. The summed E-state index contributed by atoms with van der Waals surface area (Å²) in [5.41, 5.74) is 0.590. The molecule has 22 heavy (non-hydrogen) atoms. The highest BCUT2D eigenvalue weighted by atomic mass is 35.5. The average molecular weight is 339 g/mol.